The fourth-order valence-corrected chi connectivity index (χ4v) is 2.72. The van der Waals surface area contributed by atoms with Crippen LogP contribution in [0.2, 0.25) is 5.02 Å². The second-order valence-electron chi connectivity index (χ2n) is 4.95. The predicted molar refractivity (Wildman–Crippen MR) is 91.0 cm³/mol. The van der Waals surface area contributed by atoms with Gasteiger partial charge in [0.1, 0.15) is 5.56 Å². The molecule has 0 radical (unpaired) electrons. The Kier molecular flexibility index (Phi) is 4.17. The molecule has 4 nitrogen and oxygen atoms in total. The smallest absolute Gasteiger partial charge is 0.344 e. The molecule has 0 spiro atoms. The third-order valence-corrected chi connectivity index (χ3v) is 3.84. The number of para-hydroxylation sites is 1. The van der Waals surface area contributed by atoms with E-state index in [9.17, 15) is 9.59 Å². The minimum Gasteiger partial charge on any atom is -0.462 e. The first kappa shape index (κ1) is 15.3. The van der Waals surface area contributed by atoms with Crippen LogP contribution in [0, 0.1) is 0 Å². The van der Waals surface area contributed by atoms with Gasteiger partial charge in [-0.25, -0.2) is 4.79 Å². The number of aromatic nitrogens is 1. The van der Waals surface area contributed by atoms with Crippen LogP contribution in [-0.4, -0.2) is 17.6 Å². The lowest BCUT2D eigenvalue weighted by molar-refractivity contribution is 0.0525. The minimum atomic E-state index is -0.644. The summed E-state index contributed by atoms with van der Waals surface area (Å²) < 4.78 is 5.06. The number of aromatic amines is 1. The van der Waals surface area contributed by atoms with E-state index < -0.39 is 11.4 Å². The number of H-pyrrole nitrogens is 1. The van der Waals surface area contributed by atoms with Crippen molar-refractivity contribution in [3.05, 3.63) is 69.3 Å². The van der Waals surface area contributed by atoms with Crippen molar-refractivity contribution in [1.29, 1.82) is 0 Å². The number of esters is 1. The zero-order valence-electron chi connectivity index (χ0n) is 12.4. The highest BCUT2D eigenvalue weighted by molar-refractivity contribution is 6.35. The van der Waals surface area contributed by atoms with Crippen LogP contribution in [-0.2, 0) is 4.74 Å². The zero-order chi connectivity index (χ0) is 16.4. The summed E-state index contributed by atoms with van der Waals surface area (Å²) in [6, 6.07) is 14.2. The van der Waals surface area contributed by atoms with E-state index in [1.165, 1.54) is 0 Å². The van der Waals surface area contributed by atoms with Gasteiger partial charge >= 0.3 is 5.97 Å². The molecular weight excluding hydrogens is 314 g/mol. The number of ether oxygens (including phenoxy) is 1. The molecule has 0 bridgehead atoms. The maximum Gasteiger partial charge on any atom is 0.344 e. The summed E-state index contributed by atoms with van der Waals surface area (Å²) in [4.78, 5) is 28.3. The summed E-state index contributed by atoms with van der Waals surface area (Å²) in [6.07, 6.45) is 0. The lowest BCUT2D eigenvalue weighted by Gasteiger charge is -2.11. The van der Waals surface area contributed by atoms with Crippen molar-refractivity contribution in [3.63, 3.8) is 0 Å². The number of pyridine rings is 1. The van der Waals surface area contributed by atoms with Crippen molar-refractivity contribution >= 4 is 28.5 Å². The van der Waals surface area contributed by atoms with E-state index in [0.717, 1.165) is 5.56 Å². The van der Waals surface area contributed by atoms with Crippen LogP contribution in [0.5, 0.6) is 0 Å². The van der Waals surface area contributed by atoms with Crippen LogP contribution in [0.15, 0.2) is 53.3 Å². The van der Waals surface area contributed by atoms with Crippen molar-refractivity contribution in [2.24, 2.45) is 0 Å². The van der Waals surface area contributed by atoms with Gasteiger partial charge < -0.3 is 9.72 Å². The Bertz CT molecular complexity index is 932. The maximum absolute atomic E-state index is 12.8. The summed E-state index contributed by atoms with van der Waals surface area (Å²) in [5, 5.41) is 0.785. The second-order valence-corrected chi connectivity index (χ2v) is 5.36. The molecule has 0 aliphatic heterocycles. The standard InChI is InChI=1S/C18H14ClNO3/c1-2-23-18(22)14-15(11-7-4-3-5-8-11)20-16-12(17(14)21)9-6-10-13(16)19/h3-10H,2H2,1H3,(H,20,21). The molecule has 0 saturated heterocycles. The third kappa shape index (κ3) is 2.73. The van der Waals surface area contributed by atoms with Gasteiger partial charge in [0.05, 0.1) is 22.8 Å². The van der Waals surface area contributed by atoms with Gasteiger partial charge in [-0.15, -0.1) is 0 Å². The van der Waals surface area contributed by atoms with Crippen LogP contribution in [0.25, 0.3) is 22.2 Å². The topological polar surface area (TPSA) is 59.2 Å². The van der Waals surface area contributed by atoms with Gasteiger partial charge in [-0.2, -0.15) is 0 Å². The molecule has 0 amide bonds. The first-order chi connectivity index (χ1) is 11.1. The van der Waals surface area contributed by atoms with Gasteiger partial charge in [0, 0.05) is 5.39 Å². The van der Waals surface area contributed by atoms with E-state index in [4.69, 9.17) is 16.3 Å². The molecule has 2 aromatic carbocycles. The number of rotatable bonds is 3. The van der Waals surface area contributed by atoms with E-state index in [1.54, 1.807) is 25.1 Å². The lowest BCUT2D eigenvalue weighted by atomic mass is 10.0. The number of fused-ring (bicyclic) bond motifs is 1. The molecule has 3 rings (SSSR count). The predicted octanol–water partition coefficient (Wildman–Crippen LogP) is 4.03. The van der Waals surface area contributed by atoms with Crippen molar-refractivity contribution in [3.8, 4) is 11.3 Å². The van der Waals surface area contributed by atoms with Crippen molar-refractivity contribution in [2.45, 2.75) is 6.92 Å². The Morgan fingerprint density at radius 1 is 1.13 bits per heavy atom. The van der Waals surface area contributed by atoms with Crippen LogP contribution in [0.3, 0.4) is 0 Å². The third-order valence-electron chi connectivity index (χ3n) is 3.53. The number of benzene rings is 2. The van der Waals surface area contributed by atoms with E-state index in [1.807, 2.05) is 30.3 Å². The van der Waals surface area contributed by atoms with Gasteiger partial charge in [0.2, 0.25) is 5.43 Å². The summed E-state index contributed by atoms with van der Waals surface area (Å²) in [6.45, 7) is 1.90. The number of hydrogen-bond donors (Lipinski definition) is 1. The fraction of sp³-hybridized carbons (Fsp3) is 0.111. The molecule has 116 valence electrons. The molecule has 0 aliphatic carbocycles. The summed E-state index contributed by atoms with van der Waals surface area (Å²) >= 11 is 6.20. The van der Waals surface area contributed by atoms with Gasteiger partial charge in [-0.1, -0.05) is 48.0 Å². The largest absolute Gasteiger partial charge is 0.462 e. The average molecular weight is 328 g/mol. The van der Waals surface area contributed by atoms with Gasteiger partial charge in [0.15, 0.2) is 0 Å². The van der Waals surface area contributed by atoms with E-state index >= 15 is 0 Å². The SMILES string of the molecule is CCOC(=O)c1c(-c2ccccc2)[nH]c2c(Cl)cccc2c1=O. The quantitative estimate of drug-likeness (QED) is 0.739. The van der Waals surface area contributed by atoms with Crippen LogP contribution in [0.1, 0.15) is 17.3 Å². The monoisotopic (exact) mass is 327 g/mol. The van der Waals surface area contributed by atoms with Gasteiger partial charge in [0.25, 0.3) is 0 Å². The van der Waals surface area contributed by atoms with Crippen molar-refractivity contribution in [1.82, 2.24) is 4.98 Å². The van der Waals surface area contributed by atoms with Gasteiger partial charge in [-0.05, 0) is 24.6 Å². The highest BCUT2D eigenvalue weighted by Gasteiger charge is 2.21. The van der Waals surface area contributed by atoms with E-state index in [2.05, 4.69) is 4.98 Å². The minimum absolute atomic E-state index is 0.00665. The zero-order valence-corrected chi connectivity index (χ0v) is 13.2. The first-order valence-corrected chi connectivity index (χ1v) is 7.58. The summed E-state index contributed by atoms with van der Waals surface area (Å²) in [7, 11) is 0. The highest BCUT2D eigenvalue weighted by atomic mass is 35.5. The van der Waals surface area contributed by atoms with E-state index in [0.29, 0.717) is 21.6 Å². The molecular formula is C18H14ClNO3. The van der Waals surface area contributed by atoms with Gasteiger partial charge in [-0.3, -0.25) is 4.79 Å². The molecule has 0 fully saturated rings. The molecule has 5 heteroatoms. The Morgan fingerprint density at radius 2 is 1.87 bits per heavy atom. The highest BCUT2D eigenvalue weighted by Crippen LogP contribution is 2.26. The van der Waals surface area contributed by atoms with Crippen LogP contribution in [0.4, 0.5) is 0 Å². The molecule has 1 aromatic heterocycles. The molecule has 3 aromatic rings. The Hall–Kier alpha value is -2.59. The molecule has 0 atom stereocenters. The summed E-state index contributed by atoms with van der Waals surface area (Å²) in [5.41, 5.74) is 1.24. The Morgan fingerprint density at radius 3 is 2.57 bits per heavy atom. The van der Waals surface area contributed by atoms with Crippen molar-refractivity contribution < 1.29 is 9.53 Å². The fourth-order valence-electron chi connectivity index (χ4n) is 2.50. The Balaban J connectivity index is 2.40. The number of nitrogens with one attached hydrogen (secondary N) is 1. The lowest BCUT2D eigenvalue weighted by Crippen LogP contribution is -2.20. The number of hydrogen-bond acceptors (Lipinski definition) is 3. The molecule has 1 N–H and O–H groups in total. The van der Waals surface area contributed by atoms with E-state index in [-0.39, 0.29) is 12.2 Å². The molecule has 0 saturated carbocycles. The molecule has 23 heavy (non-hydrogen) atoms. The summed E-state index contributed by atoms with van der Waals surface area (Å²) in [5.74, 6) is -0.644. The van der Waals surface area contributed by atoms with Crippen LogP contribution < -0.4 is 5.43 Å². The van der Waals surface area contributed by atoms with Crippen molar-refractivity contribution in [2.75, 3.05) is 6.61 Å². The molecule has 0 unspecified atom stereocenters. The van der Waals surface area contributed by atoms with Crippen LogP contribution >= 0.6 is 11.6 Å². The maximum atomic E-state index is 12.8. The average Bonchev–Trinajstić information content (AvgIpc) is 2.56. The number of halogens is 1. The second kappa shape index (κ2) is 6.26. The first-order valence-electron chi connectivity index (χ1n) is 7.20. The number of carbonyl (C=O) groups excluding carboxylic acids is 1. The normalized spacial score (nSPS) is 10.7. The molecule has 1 heterocycles. The Labute approximate surface area is 137 Å². The molecule has 0 aliphatic rings. The number of carbonyl (C=O) groups is 1.